The lowest BCUT2D eigenvalue weighted by molar-refractivity contribution is 0.198. The molecular weight excluding hydrogens is 1180 g/mol. The van der Waals surface area contributed by atoms with E-state index >= 15 is 0 Å². The SMILES string of the molecule is C1CCOC1.CCCCCCC1(CCCCCC)c2cc(B(O)O)ccc2-c2ccc(B(O)O)cc21.CCCCCCCCOc1ccc(-c2ccc(-c3ccc4c(c3)C(CCCCCC)(CCCCCC)c3cc(-c5ccc(-c6ccc(C)cc6)s5)ccc3-4)s2)cc1. The van der Waals surface area contributed by atoms with Gasteiger partial charge in [-0.15, -0.1) is 22.7 Å². The third kappa shape index (κ3) is 18.5. The molecule has 0 radical (unpaired) electrons. The fraction of sp³-hybridized carbons (Fsp3) is 0.470. The molecule has 3 heterocycles. The van der Waals surface area contributed by atoms with Crippen molar-refractivity contribution in [3.63, 3.8) is 0 Å². The molecule has 10 heteroatoms. The molecule has 4 N–H and O–H groups in total. The smallest absolute Gasteiger partial charge is 0.488 e. The van der Waals surface area contributed by atoms with Crippen LogP contribution >= 0.6 is 22.7 Å². The van der Waals surface area contributed by atoms with E-state index in [0.717, 1.165) is 79.9 Å². The number of benzene rings is 6. The maximum absolute atomic E-state index is 9.84. The third-order valence-corrected chi connectivity index (χ3v) is 22.4. The Hall–Kier alpha value is -5.55. The second kappa shape index (κ2) is 36.5. The molecule has 3 aliphatic rings. The van der Waals surface area contributed by atoms with Crippen molar-refractivity contribution >= 4 is 47.8 Å². The highest BCUT2D eigenvalue weighted by molar-refractivity contribution is 7.19. The molecule has 0 saturated carbocycles. The highest BCUT2D eigenvalue weighted by atomic mass is 32.1. The molecule has 1 aliphatic heterocycles. The van der Waals surface area contributed by atoms with Gasteiger partial charge in [-0.25, -0.2) is 0 Å². The Labute approximate surface area is 569 Å². The van der Waals surface area contributed by atoms with Gasteiger partial charge < -0.3 is 29.6 Å². The number of hydrogen-bond donors (Lipinski definition) is 4. The summed E-state index contributed by atoms with van der Waals surface area (Å²) in [4.78, 5) is 5.36. The fourth-order valence-corrected chi connectivity index (χ4v) is 16.7. The molecular formula is C83H108B2O6S2. The van der Waals surface area contributed by atoms with Crippen LogP contribution in [0.1, 0.15) is 242 Å². The summed E-state index contributed by atoms with van der Waals surface area (Å²) >= 11 is 3.84. The molecule has 0 spiro atoms. The lowest BCUT2D eigenvalue weighted by Crippen LogP contribution is -2.34. The Kier molecular flexibility index (Phi) is 28.2. The van der Waals surface area contributed by atoms with Gasteiger partial charge in [0.05, 0.1) is 6.61 Å². The Morgan fingerprint density at radius 2 is 0.688 bits per heavy atom. The van der Waals surface area contributed by atoms with Gasteiger partial charge in [-0.05, 0) is 190 Å². The quantitative estimate of drug-likeness (QED) is 0.0237. The molecule has 93 heavy (non-hydrogen) atoms. The molecule has 1 saturated heterocycles. The summed E-state index contributed by atoms with van der Waals surface area (Å²) < 4.78 is 11.1. The van der Waals surface area contributed by atoms with Crippen LogP contribution in [0.25, 0.3) is 64.0 Å². The first-order chi connectivity index (χ1) is 45.5. The zero-order valence-electron chi connectivity index (χ0n) is 57.4. The summed E-state index contributed by atoms with van der Waals surface area (Å²) in [6, 6.07) is 53.5. The average molecular weight is 1290 g/mol. The summed E-state index contributed by atoms with van der Waals surface area (Å²) in [6.07, 6.45) is 34.3. The Balaban J connectivity index is 0.000000236. The second-order valence-electron chi connectivity index (χ2n) is 26.9. The van der Waals surface area contributed by atoms with Gasteiger partial charge >= 0.3 is 14.2 Å². The average Bonchev–Trinajstić information content (AvgIpc) is 1.57. The molecule has 2 aliphatic carbocycles. The number of aryl methyl sites for hydroxylation is 1. The minimum atomic E-state index is -1.50. The second-order valence-corrected chi connectivity index (χ2v) is 29.1. The van der Waals surface area contributed by atoms with Crippen LogP contribution in [0.4, 0.5) is 0 Å². The van der Waals surface area contributed by atoms with Crippen molar-refractivity contribution in [1.82, 2.24) is 0 Å². The molecule has 11 rings (SSSR count). The van der Waals surface area contributed by atoms with E-state index in [9.17, 15) is 20.1 Å². The van der Waals surface area contributed by atoms with Gasteiger partial charge in [0, 0.05) is 43.6 Å². The number of hydrogen-bond acceptors (Lipinski definition) is 8. The highest BCUT2D eigenvalue weighted by Crippen LogP contribution is 2.57. The number of fused-ring (bicyclic) bond motifs is 6. The molecule has 2 aromatic heterocycles. The molecule has 6 aromatic carbocycles. The third-order valence-electron chi connectivity index (χ3n) is 20.0. The van der Waals surface area contributed by atoms with Crippen molar-refractivity contribution in [3.05, 3.63) is 173 Å². The van der Waals surface area contributed by atoms with Crippen LogP contribution in [0.2, 0.25) is 0 Å². The summed E-state index contributed by atoms with van der Waals surface area (Å²) in [5.74, 6) is 0.977. The predicted molar refractivity (Wildman–Crippen MR) is 401 cm³/mol. The van der Waals surface area contributed by atoms with E-state index in [-0.39, 0.29) is 10.8 Å². The van der Waals surface area contributed by atoms with Crippen LogP contribution in [0.5, 0.6) is 5.75 Å². The van der Waals surface area contributed by atoms with E-state index in [4.69, 9.17) is 9.47 Å². The van der Waals surface area contributed by atoms with Crippen LogP contribution in [-0.4, -0.2) is 54.2 Å². The van der Waals surface area contributed by atoms with Crippen molar-refractivity contribution < 1.29 is 29.6 Å². The molecule has 1 fully saturated rings. The van der Waals surface area contributed by atoms with Crippen LogP contribution in [0, 0.1) is 6.92 Å². The molecule has 0 unspecified atom stereocenters. The number of ether oxygens (including phenoxy) is 2. The normalized spacial score (nSPS) is 13.7. The van der Waals surface area contributed by atoms with E-state index < -0.39 is 14.2 Å². The first kappa shape index (κ1) is 71.7. The topological polar surface area (TPSA) is 99.4 Å². The van der Waals surface area contributed by atoms with Crippen molar-refractivity contribution in [3.8, 4) is 69.8 Å². The maximum atomic E-state index is 9.84. The molecule has 0 atom stereocenters. The molecule has 8 aromatic rings. The number of rotatable bonds is 34. The van der Waals surface area contributed by atoms with Gasteiger partial charge in [0.25, 0.3) is 0 Å². The lowest BCUT2D eigenvalue weighted by Gasteiger charge is -2.33. The molecule has 0 bridgehead atoms. The Bertz CT molecular complexity index is 3430. The zero-order chi connectivity index (χ0) is 65.4. The zero-order valence-corrected chi connectivity index (χ0v) is 59.0. The van der Waals surface area contributed by atoms with Gasteiger partial charge in [0.2, 0.25) is 0 Å². The fourth-order valence-electron chi connectivity index (χ4n) is 14.7. The van der Waals surface area contributed by atoms with E-state index in [0.29, 0.717) is 10.9 Å². The number of thiophene rings is 2. The number of unbranched alkanes of at least 4 members (excludes halogenated alkanes) is 17. The predicted octanol–water partition coefficient (Wildman–Crippen LogP) is 21.8. The van der Waals surface area contributed by atoms with E-state index in [1.165, 1.54) is 206 Å². The summed E-state index contributed by atoms with van der Waals surface area (Å²) in [6.45, 7) is 16.3. The largest absolute Gasteiger partial charge is 0.494 e. The molecule has 0 amide bonds. The van der Waals surface area contributed by atoms with Crippen molar-refractivity contribution in [2.24, 2.45) is 0 Å². The molecule has 6 nitrogen and oxygen atoms in total. The minimum absolute atomic E-state index is 0.0284. The van der Waals surface area contributed by atoms with Crippen LogP contribution in [0.3, 0.4) is 0 Å². The monoisotopic (exact) mass is 1290 g/mol. The Morgan fingerprint density at radius 3 is 1.05 bits per heavy atom. The van der Waals surface area contributed by atoms with Crippen LogP contribution in [-0.2, 0) is 15.6 Å². The van der Waals surface area contributed by atoms with Crippen molar-refractivity contribution in [2.45, 2.75) is 232 Å². The maximum Gasteiger partial charge on any atom is 0.488 e. The van der Waals surface area contributed by atoms with Crippen LogP contribution < -0.4 is 15.7 Å². The first-order valence-electron chi connectivity index (χ1n) is 36.4. The van der Waals surface area contributed by atoms with Gasteiger partial charge in [-0.3, -0.25) is 0 Å². The van der Waals surface area contributed by atoms with E-state index in [2.05, 4.69) is 151 Å². The lowest BCUT2D eigenvalue weighted by atomic mass is 9.67. The molecule has 494 valence electrons. The highest BCUT2D eigenvalue weighted by Gasteiger charge is 2.45. The summed E-state index contributed by atoms with van der Waals surface area (Å²) in [7, 11) is -3.00. The van der Waals surface area contributed by atoms with Gasteiger partial charge in [-0.2, -0.15) is 0 Å². The van der Waals surface area contributed by atoms with E-state index in [1.807, 2.05) is 46.9 Å². The minimum Gasteiger partial charge on any atom is -0.494 e. The van der Waals surface area contributed by atoms with Crippen LogP contribution in [0.15, 0.2) is 146 Å². The Morgan fingerprint density at radius 1 is 0.366 bits per heavy atom. The van der Waals surface area contributed by atoms with Gasteiger partial charge in [0.15, 0.2) is 0 Å². The summed E-state index contributed by atoms with van der Waals surface area (Å²) in [5.41, 5.74) is 18.0. The van der Waals surface area contributed by atoms with E-state index in [1.54, 1.807) is 23.3 Å². The van der Waals surface area contributed by atoms with Crippen molar-refractivity contribution in [1.29, 1.82) is 0 Å². The van der Waals surface area contributed by atoms with Gasteiger partial charge in [-0.1, -0.05) is 260 Å². The summed E-state index contributed by atoms with van der Waals surface area (Å²) in [5, 5.41) is 39.4. The first-order valence-corrected chi connectivity index (χ1v) is 38.0. The van der Waals surface area contributed by atoms with Gasteiger partial charge in [0.1, 0.15) is 5.75 Å². The van der Waals surface area contributed by atoms with Crippen molar-refractivity contribution in [2.75, 3.05) is 19.8 Å². The standard InChI is InChI=1S/C54H64OS2.C25H36B2O4.C4H8O/c1-5-8-11-14-15-18-37-55-45-27-23-42(24-28-45)51-32-34-53(57-51)44-26-30-47-46-29-25-43(52-33-31-50(56-52)41-21-19-40(4)20-22-41)38-48(46)54(49(47)39-44,35-16-12-9-6-2)36-17-13-10-7-3;1-3-5-7-9-15-25(16-10-8-6-4-2)23-17-19(26(28)29)11-13-21(23)22-14-12-20(27(30)31)18-24(22)25;1-2-4-5-3-1/h19-34,38-39H,5-18,35-37H2,1-4H3;11-14,17-18,28-31H,3-10,15-16H2,1-2H3;1-4H2.